The summed E-state index contributed by atoms with van der Waals surface area (Å²) < 4.78 is 23.4. The number of amides is 2. The smallest absolute Gasteiger partial charge is 0.271 e. The third-order valence-electron chi connectivity index (χ3n) is 6.34. The Bertz CT molecular complexity index is 1180. The molecule has 0 spiro atoms. The van der Waals surface area contributed by atoms with Crippen LogP contribution in [0.25, 0.3) is 0 Å². The van der Waals surface area contributed by atoms with Crippen molar-refractivity contribution in [1.29, 1.82) is 0 Å². The first-order valence-electron chi connectivity index (χ1n) is 11.7. The lowest BCUT2D eigenvalue weighted by Crippen LogP contribution is -2.50. The maximum absolute atomic E-state index is 12.7. The van der Waals surface area contributed by atoms with Crippen molar-refractivity contribution in [2.24, 2.45) is 11.7 Å². The molecule has 2 amide bonds. The summed E-state index contributed by atoms with van der Waals surface area (Å²) in [5.74, 6) is 0.165. The van der Waals surface area contributed by atoms with Crippen molar-refractivity contribution in [3.63, 3.8) is 0 Å². The highest BCUT2D eigenvalue weighted by atomic mass is 32.2. The molecule has 2 aliphatic rings. The molecule has 2 fully saturated rings. The maximum Gasteiger partial charge on any atom is 0.271 e. The number of hydrogen-bond donors (Lipinski definition) is 4. The van der Waals surface area contributed by atoms with Gasteiger partial charge >= 0.3 is 0 Å². The van der Waals surface area contributed by atoms with E-state index in [4.69, 9.17) is 5.73 Å². The molecule has 1 aromatic carbocycles. The SMILES string of the molecule is CS(=O)(=O)c1ccc(Nc2nc(N3CCC[C@H](NC(=O)C4CCNCC4)C3)cnc2C(N)=O)cc1. The molecule has 35 heavy (non-hydrogen) atoms. The zero-order chi connectivity index (χ0) is 25.0. The zero-order valence-corrected chi connectivity index (χ0v) is 20.5. The summed E-state index contributed by atoms with van der Waals surface area (Å²) in [6.07, 6.45) is 6.11. The molecule has 2 saturated heterocycles. The van der Waals surface area contributed by atoms with Crippen molar-refractivity contribution >= 4 is 39.0 Å². The number of piperidine rings is 2. The van der Waals surface area contributed by atoms with Crippen molar-refractivity contribution in [1.82, 2.24) is 20.6 Å². The van der Waals surface area contributed by atoms with E-state index in [0.29, 0.717) is 18.1 Å². The van der Waals surface area contributed by atoms with Crippen LogP contribution in [0, 0.1) is 5.92 Å². The second-order valence-electron chi connectivity index (χ2n) is 9.03. The Labute approximate surface area is 204 Å². The standard InChI is InChI=1S/C23H31N7O4S/c1-35(33,34)18-6-4-16(5-7-18)27-22-20(21(24)31)26-13-19(29-22)30-12-2-3-17(14-30)28-23(32)15-8-10-25-11-9-15/h4-7,13,15,17,25H,2-3,8-12,14H2,1H3,(H2,24,31)(H,27,29)(H,28,32)/t17-/m0/s1. The van der Waals surface area contributed by atoms with Crippen LogP contribution in [0.1, 0.15) is 36.2 Å². The maximum atomic E-state index is 12.7. The van der Waals surface area contributed by atoms with E-state index in [9.17, 15) is 18.0 Å². The highest BCUT2D eigenvalue weighted by molar-refractivity contribution is 7.90. The van der Waals surface area contributed by atoms with Crippen LogP contribution in [0.2, 0.25) is 0 Å². The van der Waals surface area contributed by atoms with Crippen LogP contribution in [-0.4, -0.2) is 68.7 Å². The third-order valence-corrected chi connectivity index (χ3v) is 7.47. The average molecular weight is 502 g/mol. The van der Waals surface area contributed by atoms with Gasteiger partial charge in [-0.2, -0.15) is 0 Å². The minimum Gasteiger partial charge on any atom is -0.364 e. The predicted octanol–water partition coefficient (Wildman–Crippen LogP) is 0.807. The van der Waals surface area contributed by atoms with Crippen LogP contribution >= 0.6 is 0 Å². The van der Waals surface area contributed by atoms with E-state index in [-0.39, 0.29) is 34.3 Å². The summed E-state index contributed by atoms with van der Waals surface area (Å²) in [5.41, 5.74) is 6.02. The van der Waals surface area contributed by atoms with Crippen LogP contribution in [-0.2, 0) is 14.6 Å². The van der Waals surface area contributed by atoms with E-state index in [1.807, 2.05) is 4.90 Å². The summed E-state index contributed by atoms with van der Waals surface area (Å²) >= 11 is 0. The van der Waals surface area contributed by atoms with Gasteiger partial charge in [0.25, 0.3) is 5.91 Å². The number of nitrogens with one attached hydrogen (secondary N) is 3. The fourth-order valence-corrected chi connectivity index (χ4v) is 5.06. The Balaban J connectivity index is 1.49. The zero-order valence-electron chi connectivity index (χ0n) is 19.7. The van der Waals surface area contributed by atoms with Crippen LogP contribution in [0.4, 0.5) is 17.3 Å². The largest absolute Gasteiger partial charge is 0.364 e. The van der Waals surface area contributed by atoms with Gasteiger partial charge in [0.2, 0.25) is 5.91 Å². The van der Waals surface area contributed by atoms with Gasteiger partial charge in [-0.1, -0.05) is 0 Å². The Kier molecular flexibility index (Phi) is 7.51. The second kappa shape index (κ2) is 10.6. The lowest BCUT2D eigenvalue weighted by molar-refractivity contribution is -0.126. The van der Waals surface area contributed by atoms with E-state index in [2.05, 4.69) is 25.9 Å². The van der Waals surface area contributed by atoms with Gasteiger partial charge in [0.1, 0.15) is 5.82 Å². The molecular weight excluding hydrogens is 470 g/mol. The Morgan fingerprint density at radius 1 is 1.14 bits per heavy atom. The van der Waals surface area contributed by atoms with Crippen molar-refractivity contribution in [2.75, 3.05) is 42.7 Å². The number of primary amides is 1. The monoisotopic (exact) mass is 501 g/mol. The minimum absolute atomic E-state index is 0.00343. The molecule has 2 aromatic rings. The number of carbonyl (C=O) groups is 2. The Morgan fingerprint density at radius 3 is 2.51 bits per heavy atom. The van der Waals surface area contributed by atoms with Crippen LogP contribution < -0.4 is 26.6 Å². The molecule has 1 aromatic heterocycles. The van der Waals surface area contributed by atoms with Gasteiger partial charge < -0.3 is 26.6 Å². The molecule has 4 rings (SSSR count). The summed E-state index contributed by atoms with van der Waals surface area (Å²) in [7, 11) is -3.33. The van der Waals surface area contributed by atoms with E-state index in [1.165, 1.54) is 18.3 Å². The molecule has 5 N–H and O–H groups in total. The van der Waals surface area contributed by atoms with Gasteiger partial charge in [-0.3, -0.25) is 9.59 Å². The highest BCUT2D eigenvalue weighted by Crippen LogP contribution is 2.24. The molecule has 3 heterocycles. The topological polar surface area (TPSA) is 159 Å². The summed E-state index contributed by atoms with van der Waals surface area (Å²) in [4.78, 5) is 35.7. The van der Waals surface area contributed by atoms with Crippen molar-refractivity contribution < 1.29 is 18.0 Å². The van der Waals surface area contributed by atoms with E-state index < -0.39 is 15.7 Å². The molecule has 1 atom stereocenters. The van der Waals surface area contributed by atoms with E-state index >= 15 is 0 Å². The quantitative estimate of drug-likeness (QED) is 0.430. The van der Waals surface area contributed by atoms with Crippen molar-refractivity contribution in [2.45, 2.75) is 36.6 Å². The number of benzene rings is 1. The molecule has 0 radical (unpaired) electrons. The first-order valence-corrected chi connectivity index (χ1v) is 13.6. The van der Waals surface area contributed by atoms with Crippen molar-refractivity contribution in [3.05, 3.63) is 36.2 Å². The molecule has 12 heteroatoms. The average Bonchev–Trinajstić information content (AvgIpc) is 2.84. The number of carbonyl (C=O) groups excluding carboxylic acids is 2. The number of nitrogens with two attached hydrogens (primary N) is 1. The number of rotatable bonds is 7. The summed E-state index contributed by atoms with van der Waals surface area (Å²) in [5, 5.41) is 9.50. The number of hydrogen-bond acceptors (Lipinski definition) is 9. The van der Waals surface area contributed by atoms with Gasteiger partial charge in [0.15, 0.2) is 21.3 Å². The number of sulfone groups is 1. The number of anilines is 3. The minimum atomic E-state index is -3.33. The lowest BCUT2D eigenvalue weighted by atomic mass is 9.96. The molecular formula is C23H31N7O4S. The number of aromatic nitrogens is 2. The van der Waals surface area contributed by atoms with Gasteiger partial charge in [-0.05, 0) is 63.0 Å². The van der Waals surface area contributed by atoms with E-state index in [0.717, 1.165) is 51.6 Å². The molecule has 0 saturated carbocycles. The van der Waals surface area contributed by atoms with Gasteiger partial charge in [0.05, 0.1) is 11.1 Å². The third kappa shape index (κ3) is 6.25. The van der Waals surface area contributed by atoms with Gasteiger partial charge in [-0.15, -0.1) is 0 Å². The molecule has 2 aliphatic heterocycles. The van der Waals surface area contributed by atoms with Crippen LogP contribution in [0.3, 0.4) is 0 Å². The Hall–Kier alpha value is -3.25. The van der Waals surface area contributed by atoms with E-state index in [1.54, 1.807) is 12.1 Å². The summed E-state index contributed by atoms with van der Waals surface area (Å²) in [6, 6.07) is 6.12. The Morgan fingerprint density at radius 2 is 1.86 bits per heavy atom. The first kappa shape index (κ1) is 24.9. The first-order chi connectivity index (χ1) is 16.7. The predicted molar refractivity (Wildman–Crippen MR) is 132 cm³/mol. The molecule has 0 aliphatic carbocycles. The molecule has 11 nitrogen and oxygen atoms in total. The normalized spacial score (nSPS) is 19.2. The second-order valence-corrected chi connectivity index (χ2v) is 11.0. The number of nitrogens with zero attached hydrogens (tertiary/aromatic N) is 3. The van der Waals surface area contributed by atoms with Crippen LogP contribution in [0.15, 0.2) is 35.4 Å². The fourth-order valence-electron chi connectivity index (χ4n) is 4.43. The molecule has 0 bridgehead atoms. The molecule has 188 valence electrons. The molecule has 0 unspecified atom stereocenters. The van der Waals surface area contributed by atoms with Crippen molar-refractivity contribution in [3.8, 4) is 0 Å². The highest BCUT2D eigenvalue weighted by Gasteiger charge is 2.27. The lowest BCUT2D eigenvalue weighted by Gasteiger charge is -2.35. The fraction of sp³-hybridized carbons (Fsp3) is 0.478. The summed E-state index contributed by atoms with van der Waals surface area (Å²) in [6.45, 7) is 3.06. The van der Waals surface area contributed by atoms with Gasteiger partial charge in [0, 0.05) is 37.0 Å². The van der Waals surface area contributed by atoms with Gasteiger partial charge in [-0.25, -0.2) is 18.4 Å². The van der Waals surface area contributed by atoms with Crippen LogP contribution in [0.5, 0.6) is 0 Å².